The molecule has 3 rings (SSSR count). The molecule has 0 N–H and O–H groups in total. The molecule has 0 spiro atoms. The van der Waals surface area contributed by atoms with E-state index in [-0.39, 0.29) is 0 Å². The summed E-state index contributed by atoms with van der Waals surface area (Å²) in [7, 11) is 0. The van der Waals surface area contributed by atoms with Crippen molar-refractivity contribution in [2.24, 2.45) is 0 Å². The second kappa shape index (κ2) is 5.82. The molecular weight excluding hydrogens is 287 g/mol. The van der Waals surface area contributed by atoms with Crippen molar-refractivity contribution in [3.63, 3.8) is 0 Å². The van der Waals surface area contributed by atoms with Crippen molar-refractivity contribution in [2.45, 2.75) is 27.7 Å². The fourth-order valence-electron chi connectivity index (χ4n) is 2.39. The van der Waals surface area contributed by atoms with Gasteiger partial charge in [0.05, 0.1) is 11.0 Å². The van der Waals surface area contributed by atoms with Crippen LogP contribution in [0.1, 0.15) is 22.3 Å². The molecule has 101 valence electrons. The summed E-state index contributed by atoms with van der Waals surface area (Å²) in [6.07, 6.45) is 3.88. The Labute approximate surface area is 127 Å². The molecule has 0 saturated heterocycles. The predicted molar refractivity (Wildman–Crippen MR) is 76.7 cm³/mol. The van der Waals surface area contributed by atoms with Crippen LogP contribution >= 0.6 is 0 Å². The molecule has 0 aliphatic heterocycles. The Kier molecular flexibility index (Phi) is 4.31. The molecular formula is C16H16N2OV. The van der Waals surface area contributed by atoms with Crippen LogP contribution in [0.2, 0.25) is 0 Å². The molecule has 0 bridgehead atoms. The van der Waals surface area contributed by atoms with E-state index in [1.807, 2.05) is 12.4 Å². The van der Waals surface area contributed by atoms with Crippen molar-refractivity contribution < 1.29 is 21.0 Å². The van der Waals surface area contributed by atoms with Crippen LogP contribution in [0.15, 0.2) is 24.5 Å². The van der Waals surface area contributed by atoms with Gasteiger partial charge in [0.15, 0.2) is 0 Å². The van der Waals surface area contributed by atoms with Crippen molar-refractivity contribution in [2.75, 3.05) is 0 Å². The second-order valence-electron chi connectivity index (χ2n) is 4.99. The number of pyridine rings is 2. The number of aryl methyl sites for hydroxylation is 4. The van der Waals surface area contributed by atoms with Crippen molar-refractivity contribution in [3.05, 3.63) is 46.8 Å². The first-order valence-corrected chi connectivity index (χ1v) is 6.95. The summed E-state index contributed by atoms with van der Waals surface area (Å²) in [4.78, 5) is 9.16. The van der Waals surface area contributed by atoms with Gasteiger partial charge in [-0.2, -0.15) is 0 Å². The summed E-state index contributed by atoms with van der Waals surface area (Å²) >= 11 is 1.06. The number of hydrogen-bond donors (Lipinski definition) is 0. The number of rotatable bonds is 0. The van der Waals surface area contributed by atoms with Crippen LogP contribution in [0, 0.1) is 27.7 Å². The average molecular weight is 303 g/mol. The van der Waals surface area contributed by atoms with E-state index >= 15 is 0 Å². The van der Waals surface area contributed by atoms with Gasteiger partial charge in [-0.1, -0.05) is 12.1 Å². The van der Waals surface area contributed by atoms with Gasteiger partial charge in [-0.3, -0.25) is 9.97 Å². The van der Waals surface area contributed by atoms with E-state index in [0.717, 1.165) is 28.4 Å². The van der Waals surface area contributed by atoms with E-state index in [4.69, 9.17) is 3.67 Å². The third-order valence-electron chi connectivity index (χ3n) is 3.92. The van der Waals surface area contributed by atoms with E-state index in [0.29, 0.717) is 0 Å². The topological polar surface area (TPSA) is 42.9 Å². The van der Waals surface area contributed by atoms with Gasteiger partial charge in [-0.05, 0) is 49.9 Å². The predicted octanol–water partition coefficient (Wildman–Crippen LogP) is 3.90. The van der Waals surface area contributed by atoms with Crippen molar-refractivity contribution >= 4 is 21.8 Å². The van der Waals surface area contributed by atoms with Crippen LogP contribution in [-0.4, -0.2) is 9.97 Å². The van der Waals surface area contributed by atoms with Crippen molar-refractivity contribution in [1.82, 2.24) is 9.97 Å². The zero-order valence-electron chi connectivity index (χ0n) is 12.1. The first kappa shape index (κ1) is 14.8. The zero-order chi connectivity index (χ0) is 14.9. The summed E-state index contributed by atoms with van der Waals surface area (Å²) in [5.41, 5.74) is 7.07. The summed E-state index contributed by atoms with van der Waals surface area (Å²) in [5, 5.41) is 2.41. The molecule has 2 heterocycles. The van der Waals surface area contributed by atoms with E-state index < -0.39 is 0 Å². The number of hydrogen-bond acceptors (Lipinski definition) is 3. The summed E-state index contributed by atoms with van der Waals surface area (Å²) in [5.74, 6) is 0. The molecule has 3 nitrogen and oxygen atoms in total. The van der Waals surface area contributed by atoms with Crippen molar-refractivity contribution in [1.29, 1.82) is 0 Å². The zero-order valence-corrected chi connectivity index (χ0v) is 13.5. The minimum absolute atomic E-state index is 1.01. The van der Waals surface area contributed by atoms with Gasteiger partial charge in [-0.15, -0.1) is 0 Å². The Morgan fingerprint density at radius 3 is 1.45 bits per heavy atom. The monoisotopic (exact) mass is 303 g/mol. The van der Waals surface area contributed by atoms with E-state index in [9.17, 15) is 0 Å². The Balaban J connectivity index is 0.000000704. The first-order chi connectivity index (χ1) is 9.59. The van der Waals surface area contributed by atoms with Gasteiger partial charge >= 0.3 is 21.0 Å². The SMILES string of the molecule is Cc1cnc2c(ccc3c(C)c(C)cnc32)c1C.[O]=[V]. The number of fused-ring (bicyclic) bond motifs is 3. The van der Waals surface area contributed by atoms with Crippen LogP contribution in [0.25, 0.3) is 21.8 Å². The number of benzene rings is 1. The van der Waals surface area contributed by atoms with E-state index in [2.05, 4.69) is 49.8 Å². The molecule has 0 aliphatic rings. The summed E-state index contributed by atoms with van der Waals surface area (Å²) in [6.45, 7) is 8.48. The average Bonchev–Trinajstić information content (AvgIpc) is 2.48. The first-order valence-electron chi connectivity index (χ1n) is 6.38. The van der Waals surface area contributed by atoms with E-state index in [1.165, 1.54) is 33.0 Å². The third-order valence-corrected chi connectivity index (χ3v) is 3.92. The molecule has 0 unspecified atom stereocenters. The quantitative estimate of drug-likeness (QED) is 0.592. The fourth-order valence-corrected chi connectivity index (χ4v) is 2.39. The van der Waals surface area contributed by atoms with Crippen molar-refractivity contribution in [3.8, 4) is 0 Å². The van der Waals surface area contributed by atoms with Crippen LogP contribution in [0.5, 0.6) is 0 Å². The molecule has 0 atom stereocenters. The van der Waals surface area contributed by atoms with E-state index in [1.54, 1.807) is 0 Å². The maximum absolute atomic E-state index is 8.19. The Bertz CT molecular complexity index is 733. The molecule has 0 radical (unpaired) electrons. The normalized spacial score (nSPS) is 10.3. The molecule has 3 aromatic rings. The fraction of sp³-hybridized carbons (Fsp3) is 0.250. The van der Waals surface area contributed by atoms with Gasteiger partial charge < -0.3 is 0 Å². The Morgan fingerprint density at radius 1 is 0.750 bits per heavy atom. The molecule has 0 aliphatic carbocycles. The van der Waals surface area contributed by atoms with Crippen LogP contribution in [0.3, 0.4) is 0 Å². The number of aromatic nitrogens is 2. The maximum atomic E-state index is 8.19. The Hall–Kier alpha value is -1.58. The number of nitrogens with zero attached hydrogens (tertiary/aromatic N) is 2. The standard InChI is InChI=1S/C16H16N2.O.V/c1-9-7-17-15-13(11(9)3)5-6-14-12(4)10(2)8-18-16(14)15;;/h5-8H,1-4H3;;. The van der Waals surface area contributed by atoms with Gasteiger partial charge in [0.25, 0.3) is 0 Å². The molecule has 1 aromatic carbocycles. The second-order valence-corrected chi connectivity index (χ2v) is 4.99. The molecule has 0 fully saturated rings. The van der Waals surface area contributed by atoms with Gasteiger partial charge in [0.1, 0.15) is 0 Å². The van der Waals surface area contributed by atoms with Crippen LogP contribution < -0.4 is 0 Å². The molecule has 2 aromatic heterocycles. The van der Waals surface area contributed by atoms with Gasteiger partial charge in [0.2, 0.25) is 0 Å². The Morgan fingerprint density at radius 2 is 1.10 bits per heavy atom. The summed E-state index contributed by atoms with van der Waals surface area (Å²) in [6, 6.07) is 4.34. The van der Waals surface area contributed by atoms with Crippen LogP contribution in [0.4, 0.5) is 0 Å². The molecule has 20 heavy (non-hydrogen) atoms. The van der Waals surface area contributed by atoms with Crippen LogP contribution in [-0.2, 0) is 21.0 Å². The minimum atomic E-state index is 1.01. The van der Waals surface area contributed by atoms with Gasteiger partial charge in [0, 0.05) is 23.2 Å². The van der Waals surface area contributed by atoms with Gasteiger partial charge in [-0.25, -0.2) is 0 Å². The molecule has 0 amide bonds. The summed E-state index contributed by atoms with van der Waals surface area (Å²) < 4.78 is 8.19. The molecule has 0 saturated carbocycles. The third kappa shape index (κ3) is 2.28. The molecule has 4 heteroatoms.